The second-order valence-electron chi connectivity index (χ2n) is 2.69. The molecule has 0 aromatic heterocycles. The quantitative estimate of drug-likeness (QED) is 0.411. The van der Waals surface area contributed by atoms with Gasteiger partial charge in [0.15, 0.2) is 0 Å². The van der Waals surface area contributed by atoms with Crippen LogP contribution in [0.2, 0.25) is 0 Å². The van der Waals surface area contributed by atoms with Crippen molar-refractivity contribution in [1.29, 1.82) is 0 Å². The molecule has 0 atom stereocenters. The highest BCUT2D eigenvalue weighted by molar-refractivity contribution is 5.43. The lowest BCUT2D eigenvalue weighted by Crippen LogP contribution is -2.06. The average Bonchev–Trinajstić information content (AvgIpc) is 2.32. The minimum atomic E-state index is -2.50. The van der Waals surface area contributed by atoms with Crippen LogP contribution < -0.4 is 5.48 Å². The van der Waals surface area contributed by atoms with Gasteiger partial charge >= 0.3 is 0 Å². The number of hydroxylamine groups is 1. The van der Waals surface area contributed by atoms with E-state index in [2.05, 4.69) is 4.84 Å². The number of amides is 1. The molecule has 0 aliphatic heterocycles. The number of rotatable bonds is 2. The van der Waals surface area contributed by atoms with Crippen LogP contribution in [-0.2, 0) is 9.63 Å². The van der Waals surface area contributed by atoms with Crippen LogP contribution in [0.1, 0.15) is 19.8 Å². The number of alkyl halides is 2. The van der Waals surface area contributed by atoms with Crippen LogP contribution in [0.4, 0.5) is 8.78 Å². The van der Waals surface area contributed by atoms with Crippen molar-refractivity contribution in [2.45, 2.75) is 25.7 Å². The second kappa shape index (κ2) is 5.64. The van der Waals surface area contributed by atoms with Crippen LogP contribution in [0.3, 0.4) is 0 Å². The van der Waals surface area contributed by atoms with Crippen LogP contribution >= 0.6 is 0 Å². The van der Waals surface area contributed by atoms with E-state index in [1.165, 1.54) is 7.11 Å². The minimum Gasteiger partial charge on any atom is -0.277 e. The summed E-state index contributed by atoms with van der Waals surface area (Å²) in [7, 11) is 1.37. The normalized spacial score (nSPS) is 18.3. The first kappa shape index (κ1) is 12.0. The van der Waals surface area contributed by atoms with Gasteiger partial charge in [-0.1, -0.05) is 5.57 Å². The predicted octanol–water partition coefficient (Wildman–Crippen LogP) is 1.66. The van der Waals surface area contributed by atoms with E-state index >= 15 is 0 Å². The third-order valence-electron chi connectivity index (χ3n) is 1.48. The summed E-state index contributed by atoms with van der Waals surface area (Å²) in [6.45, 7) is 1.74. The topological polar surface area (TPSA) is 38.3 Å². The van der Waals surface area contributed by atoms with Crippen LogP contribution in [-0.4, -0.2) is 19.4 Å². The summed E-state index contributed by atoms with van der Waals surface area (Å²) in [6.07, 6.45) is 2.08. The fourth-order valence-electron chi connectivity index (χ4n) is 0.917. The van der Waals surface area contributed by atoms with E-state index in [9.17, 15) is 8.78 Å². The number of nitrogens with one attached hydrogen (secondary N) is 1. The van der Waals surface area contributed by atoms with Gasteiger partial charge in [-0.05, 0) is 19.4 Å². The van der Waals surface area contributed by atoms with Crippen LogP contribution in [0.5, 0.6) is 0 Å². The summed E-state index contributed by atoms with van der Waals surface area (Å²) in [5.41, 5.74) is 2.75. The maximum atomic E-state index is 12.1. The molecule has 0 aromatic carbocycles. The van der Waals surface area contributed by atoms with Crippen LogP contribution in [0, 0.1) is 0 Å². The molecule has 5 heteroatoms. The molecule has 0 aromatic rings. The van der Waals surface area contributed by atoms with Crippen molar-refractivity contribution in [3.63, 3.8) is 0 Å². The maximum Gasteiger partial charge on any atom is 0.267 e. The Bertz CT molecular complexity index is 193. The van der Waals surface area contributed by atoms with E-state index in [0.29, 0.717) is 12.8 Å². The molecule has 0 heterocycles. The zero-order valence-electron chi connectivity index (χ0n) is 7.64. The molecule has 76 valence electrons. The van der Waals surface area contributed by atoms with Gasteiger partial charge in [0.05, 0.1) is 7.11 Å². The first-order valence-electron chi connectivity index (χ1n) is 3.80. The first-order chi connectivity index (χ1) is 6.02. The largest absolute Gasteiger partial charge is 0.277 e. The van der Waals surface area contributed by atoms with Crippen molar-refractivity contribution in [2.75, 3.05) is 7.11 Å². The molecule has 1 rings (SSSR count). The van der Waals surface area contributed by atoms with E-state index in [1.807, 2.05) is 5.48 Å². The Morgan fingerprint density at radius 3 is 2.38 bits per heavy atom. The summed E-state index contributed by atoms with van der Waals surface area (Å²) in [4.78, 5) is 13.2. The fourth-order valence-corrected chi connectivity index (χ4v) is 0.917. The number of carbonyl (C=O) groups is 1. The molecule has 0 saturated heterocycles. The first-order valence-corrected chi connectivity index (χ1v) is 3.80. The van der Waals surface area contributed by atoms with Gasteiger partial charge < -0.3 is 0 Å². The standard InChI is InChI=1S/C6H8F2.C2H5NO2/c1-5-2-3-6(7,8)4-5;1-5-3-2-4/h4H,2-3H2,1H3;2H,1H3,(H,3,4). The number of hydrogen-bond acceptors (Lipinski definition) is 2. The molecule has 0 unspecified atom stereocenters. The van der Waals surface area contributed by atoms with Gasteiger partial charge in [0.1, 0.15) is 0 Å². The molecular formula is C8H13F2NO2. The lowest BCUT2D eigenvalue weighted by Gasteiger charge is -2.00. The minimum absolute atomic E-state index is 0.0127. The summed E-state index contributed by atoms with van der Waals surface area (Å²) in [5, 5.41) is 0. The Labute approximate surface area is 75.7 Å². The molecule has 0 radical (unpaired) electrons. The van der Waals surface area contributed by atoms with Gasteiger partial charge in [-0.3, -0.25) is 9.63 Å². The second-order valence-corrected chi connectivity index (χ2v) is 2.69. The molecule has 13 heavy (non-hydrogen) atoms. The fraction of sp³-hybridized carbons (Fsp3) is 0.625. The van der Waals surface area contributed by atoms with Crippen molar-refractivity contribution < 1.29 is 18.4 Å². The monoisotopic (exact) mass is 193 g/mol. The molecule has 1 N–H and O–H groups in total. The third kappa shape index (κ3) is 6.21. The number of carbonyl (C=O) groups excluding carboxylic acids is 1. The zero-order chi connectivity index (χ0) is 10.3. The van der Waals surface area contributed by atoms with Gasteiger partial charge in [0, 0.05) is 6.42 Å². The highest BCUT2D eigenvalue weighted by Gasteiger charge is 2.30. The lowest BCUT2D eigenvalue weighted by atomic mass is 10.3. The highest BCUT2D eigenvalue weighted by atomic mass is 19.3. The van der Waals surface area contributed by atoms with Crippen molar-refractivity contribution in [3.8, 4) is 0 Å². The van der Waals surface area contributed by atoms with E-state index in [-0.39, 0.29) is 6.42 Å². The molecule has 3 nitrogen and oxygen atoms in total. The Morgan fingerprint density at radius 2 is 2.31 bits per heavy atom. The molecule has 0 spiro atoms. The Kier molecular flexibility index (Phi) is 5.22. The van der Waals surface area contributed by atoms with E-state index in [4.69, 9.17) is 4.79 Å². The highest BCUT2D eigenvalue weighted by Crippen LogP contribution is 2.32. The van der Waals surface area contributed by atoms with E-state index in [0.717, 1.165) is 11.6 Å². The van der Waals surface area contributed by atoms with Crippen molar-refractivity contribution in [1.82, 2.24) is 5.48 Å². The summed E-state index contributed by atoms with van der Waals surface area (Å²) in [6, 6.07) is 0. The van der Waals surface area contributed by atoms with Crippen LogP contribution in [0.15, 0.2) is 11.6 Å². The molecule has 1 aliphatic rings. The Morgan fingerprint density at radius 1 is 1.69 bits per heavy atom. The Hall–Kier alpha value is -0.970. The van der Waals surface area contributed by atoms with Gasteiger partial charge in [-0.15, -0.1) is 0 Å². The van der Waals surface area contributed by atoms with E-state index < -0.39 is 5.92 Å². The zero-order valence-corrected chi connectivity index (χ0v) is 7.64. The van der Waals surface area contributed by atoms with Crippen molar-refractivity contribution in [2.24, 2.45) is 0 Å². The summed E-state index contributed by atoms with van der Waals surface area (Å²) >= 11 is 0. The summed E-state index contributed by atoms with van der Waals surface area (Å²) in [5.74, 6) is -2.50. The smallest absolute Gasteiger partial charge is 0.267 e. The van der Waals surface area contributed by atoms with Gasteiger partial charge in [-0.25, -0.2) is 14.3 Å². The van der Waals surface area contributed by atoms with Gasteiger partial charge in [0.25, 0.3) is 5.92 Å². The maximum absolute atomic E-state index is 12.1. The molecule has 0 bridgehead atoms. The van der Waals surface area contributed by atoms with E-state index in [1.54, 1.807) is 6.92 Å². The molecule has 0 fully saturated rings. The average molecular weight is 193 g/mol. The van der Waals surface area contributed by atoms with Crippen LogP contribution in [0.25, 0.3) is 0 Å². The molecule has 1 amide bonds. The third-order valence-corrected chi connectivity index (χ3v) is 1.48. The van der Waals surface area contributed by atoms with Gasteiger partial charge in [-0.2, -0.15) is 0 Å². The Balaban J connectivity index is 0.000000252. The molecule has 0 saturated carbocycles. The number of halogens is 2. The summed E-state index contributed by atoms with van der Waals surface area (Å²) < 4.78 is 24.2. The van der Waals surface area contributed by atoms with Crippen molar-refractivity contribution >= 4 is 6.41 Å². The molecule has 1 aliphatic carbocycles. The predicted molar refractivity (Wildman–Crippen MR) is 44.1 cm³/mol. The lowest BCUT2D eigenvalue weighted by molar-refractivity contribution is -0.118. The SMILES string of the molecule is CC1=CC(F)(F)CC1.CONC=O. The number of allylic oxidation sites excluding steroid dienone is 2. The van der Waals surface area contributed by atoms with Crippen molar-refractivity contribution in [3.05, 3.63) is 11.6 Å². The van der Waals surface area contributed by atoms with Gasteiger partial charge in [0.2, 0.25) is 6.41 Å². The number of hydrogen-bond donors (Lipinski definition) is 1. The molecular weight excluding hydrogens is 180 g/mol.